The minimum absolute atomic E-state index is 0.0545. The highest BCUT2D eigenvalue weighted by atomic mass is 16.5. The number of phenolic OH excluding ortho intramolecular Hbond substituents is 1. The van der Waals surface area contributed by atoms with Crippen molar-refractivity contribution in [3.05, 3.63) is 113 Å². The Kier molecular flexibility index (Phi) is 6.77. The highest BCUT2D eigenvalue weighted by Crippen LogP contribution is 2.44. The Bertz CT molecular complexity index is 1330. The fraction of sp³-hybridized carbons (Fsp3) is 0.219. The van der Waals surface area contributed by atoms with E-state index in [9.17, 15) is 9.90 Å². The largest absolute Gasteiger partial charge is 0.508 e. The fourth-order valence-corrected chi connectivity index (χ4v) is 5.22. The lowest BCUT2D eigenvalue weighted by Crippen LogP contribution is -2.35. The molecule has 4 heteroatoms. The molecule has 182 valence electrons. The van der Waals surface area contributed by atoms with Gasteiger partial charge in [0, 0.05) is 12.0 Å². The van der Waals surface area contributed by atoms with E-state index in [0.29, 0.717) is 18.8 Å². The minimum atomic E-state index is -0.391. The van der Waals surface area contributed by atoms with Crippen molar-refractivity contribution in [1.82, 2.24) is 5.32 Å². The monoisotopic (exact) mass is 477 g/mol. The first kappa shape index (κ1) is 23.7. The second kappa shape index (κ2) is 10.3. The second-order valence-corrected chi connectivity index (χ2v) is 9.47. The van der Waals surface area contributed by atoms with Gasteiger partial charge in [-0.05, 0) is 76.4 Å². The summed E-state index contributed by atoms with van der Waals surface area (Å²) in [5.74, 6) is 0.347. The number of hydrogen-bond acceptors (Lipinski definition) is 3. The number of alkyl carbamates (subject to hydrolysis) is 1. The molecule has 0 heterocycles. The van der Waals surface area contributed by atoms with E-state index < -0.39 is 6.09 Å². The topological polar surface area (TPSA) is 58.6 Å². The zero-order valence-electron chi connectivity index (χ0n) is 20.7. The van der Waals surface area contributed by atoms with Crippen LogP contribution in [0.2, 0.25) is 0 Å². The van der Waals surface area contributed by atoms with Crippen LogP contribution in [-0.2, 0) is 17.6 Å². The van der Waals surface area contributed by atoms with E-state index in [-0.39, 0.29) is 12.0 Å². The third-order valence-corrected chi connectivity index (χ3v) is 6.98. The maximum Gasteiger partial charge on any atom is 0.407 e. The first-order valence-corrected chi connectivity index (χ1v) is 12.6. The molecule has 0 radical (unpaired) electrons. The van der Waals surface area contributed by atoms with E-state index >= 15 is 0 Å². The van der Waals surface area contributed by atoms with Crippen LogP contribution in [0.15, 0.2) is 91.0 Å². The Balaban J connectivity index is 1.18. The number of ether oxygens (including phenoxy) is 1. The van der Waals surface area contributed by atoms with E-state index in [2.05, 4.69) is 60.8 Å². The number of benzene rings is 4. The van der Waals surface area contributed by atoms with Crippen molar-refractivity contribution in [3.63, 3.8) is 0 Å². The van der Waals surface area contributed by atoms with Crippen LogP contribution < -0.4 is 5.32 Å². The Hall–Kier alpha value is -4.05. The number of phenols is 1. The van der Waals surface area contributed by atoms with E-state index in [1.165, 1.54) is 22.3 Å². The molecular formula is C32H31NO3. The average Bonchev–Trinajstić information content (AvgIpc) is 3.21. The molecule has 0 unspecified atom stereocenters. The predicted octanol–water partition coefficient (Wildman–Crippen LogP) is 7.09. The molecule has 0 aliphatic heterocycles. The molecule has 0 saturated heterocycles. The molecule has 1 aliphatic carbocycles. The van der Waals surface area contributed by atoms with Crippen LogP contribution in [0.4, 0.5) is 4.79 Å². The van der Waals surface area contributed by atoms with Crippen LogP contribution in [0.25, 0.3) is 22.3 Å². The van der Waals surface area contributed by atoms with Crippen LogP contribution in [0.1, 0.15) is 42.0 Å². The highest BCUT2D eigenvalue weighted by Gasteiger charge is 2.29. The van der Waals surface area contributed by atoms with Crippen molar-refractivity contribution in [3.8, 4) is 28.0 Å². The molecule has 1 aliphatic rings. The molecule has 5 rings (SSSR count). The van der Waals surface area contributed by atoms with Gasteiger partial charge in [0.1, 0.15) is 12.4 Å². The van der Waals surface area contributed by atoms with Gasteiger partial charge in [-0.3, -0.25) is 0 Å². The maximum absolute atomic E-state index is 12.6. The van der Waals surface area contributed by atoms with E-state index in [1.807, 2.05) is 43.3 Å². The molecular weight excluding hydrogens is 446 g/mol. The van der Waals surface area contributed by atoms with E-state index in [0.717, 1.165) is 28.7 Å². The number of carbonyl (C=O) groups is 1. The van der Waals surface area contributed by atoms with Gasteiger partial charge in [0.25, 0.3) is 0 Å². The molecule has 4 nitrogen and oxygen atoms in total. The van der Waals surface area contributed by atoms with E-state index in [1.54, 1.807) is 6.07 Å². The minimum Gasteiger partial charge on any atom is -0.508 e. The number of rotatable bonds is 7. The number of aryl methyl sites for hydroxylation is 1. The normalized spacial score (nSPS) is 13.1. The summed E-state index contributed by atoms with van der Waals surface area (Å²) in [4.78, 5) is 12.6. The van der Waals surface area contributed by atoms with E-state index in [4.69, 9.17) is 4.74 Å². The fourth-order valence-electron chi connectivity index (χ4n) is 5.22. The third kappa shape index (κ3) is 4.85. The summed E-state index contributed by atoms with van der Waals surface area (Å²) in [5, 5.41) is 12.8. The highest BCUT2D eigenvalue weighted by molar-refractivity contribution is 5.79. The molecule has 0 aromatic heterocycles. The molecule has 0 spiro atoms. The smallest absolute Gasteiger partial charge is 0.407 e. The standard InChI is InChI=1S/C32H31NO3/c1-3-23-19-25(34)16-17-26(23)24-14-12-22(13-15-24)18-21(2)33-32(35)36-20-31-29-10-6-4-8-27(29)28-9-5-7-11-30(28)31/h4-17,19,21,31,34H,3,18,20H2,1-2H3,(H,33,35)/t21-/m1/s1. The lowest BCUT2D eigenvalue weighted by Gasteiger charge is -2.17. The Morgan fingerprint density at radius 3 is 2.17 bits per heavy atom. The van der Waals surface area contributed by atoms with Crippen molar-refractivity contribution in [1.29, 1.82) is 0 Å². The molecule has 4 aromatic rings. The van der Waals surface area contributed by atoms with Crippen molar-refractivity contribution in [2.45, 2.75) is 38.6 Å². The Morgan fingerprint density at radius 1 is 0.889 bits per heavy atom. The van der Waals surface area contributed by atoms with Gasteiger partial charge >= 0.3 is 6.09 Å². The Morgan fingerprint density at radius 2 is 1.53 bits per heavy atom. The van der Waals surface area contributed by atoms with Gasteiger partial charge in [-0.25, -0.2) is 4.79 Å². The predicted molar refractivity (Wildman–Crippen MR) is 144 cm³/mol. The number of carbonyl (C=O) groups excluding carboxylic acids is 1. The second-order valence-electron chi connectivity index (χ2n) is 9.47. The molecule has 4 aromatic carbocycles. The average molecular weight is 478 g/mol. The van der Waals surface area contributed by atoms with Crippen molar-refractivity contribution < 1.29 is 14.6 Å². The zero-order chi connectivity index (χ0) is 25.1. The lowest BCUT2D eigenvalue weighted by atomic mass is 9.96. The van der Waals surface area contributed by atoms with Crippen molar-refractivity contribution >= 4 is 6.09 Å². The van der Waals surface area contributed by atoms with Gasteiger partial charge < -0.3 is 15.2 Å². The van der Waals surface area contributed by atoms with Gasteiger partial charge in [0.05, 0.1) is 0 Å². The van der Waals surface area contributed by atoms with Crippen molar-refractivity contribution in [2.75, 3.05) is 6.61 Å². The Labute approximate surface area is 212 Å². The summed E-state index contributed by atoms with van der Waals surface area (Å²) in [6.45, 7) is 4.39. The summed E-state index contributed by atoms with van der Waals surface area (Å²) in [7, 11) is 0. The SMILES string of the molecule is CCc1cc(O)ccc1-c1ccc(C[C@@H](C)NC(=O)OCC2c3ccccc3-c3ccccc32)cc1. The van der Waals surface area contributed by atoms with Gasteiger partial charge in [0.15, 0.2) is 0 Å². The number of nitrogens with one attached hydrogen (secondary N) is 1. The number of aromatic hydroxyl groups is 1. The molecule has 36 heavy (non-hydrogen) atoms. The van der Waals surface area contributed by atoms with Gasteiger partial charge in [-0.2, -0.15) is 0 Å². The van der Waals surface area contributed by atoms with Crippen LogP contribution in [0, 0.1) is 0 Å². The van der Waals surface area contributed by atoms with Gasteiger partial charge in [-0.1, -0.05) is 85.8 Å². The van der Waals surface area contributed by atoms with Crippen molar-refractivity contribution in [2.24, 2.45) is 0 Å². The van der Waals surface area contributed by atoms with Gasteiger partial charge in [0.2, 0.25) is 0 Å². The molecule has 0 bridgehead atoms. The first-order valence-electron chi connectivity index (χ1n) is 12.6. The summed E-state index contributed by atoms with van der Waals surface area (Å²) < 4.78 is 5.69. The molecule has 1 amide bonds. The quantitative estimate of drug-likeness (QED) is 0.299. The number of amides is 1. The van der Waals surface area contributed by atoms with Crippen LogP contribution in [0.5, 0.6) is 5.75 Å². The third-order valence-electron chi connectivity index (χ3n) is 6.98. The molecule has 1 atom stereocenters. The number of fused-ring (bicyclic) bond motifs is 3. The number of hydrogen-bond donors (Lipinski definition) is 2. The summed E-state index contributed by atoms with van der Waals surface area (Å²) in [6.07, 6.45) is 1.17. The molecule has 0 fully saturated rings. The summed E-state index contributed by atoms with van der Waals surface area (Å²) >= 11 is 0. The van der Waals surface area contributed by atoms with Crippen LogP contribution in [-0.4, -0.2) is 23.8 Å². The summed E-state index contributed by atoms with van der Waals surface area (Å²) in [6, 6.07) is 30.5. The maximum atomic E-state index is 12.6. The summed E-state index contributed by atoms with van der Waals surface area (Å²) in [5.41, 5.74) is 9.36. The first-order chi connectivity index (χ1) is 17.5. The van der Waals surface area contributed by atoms with Gasteiger partial charge in [-0.15, -0.1) is 0 Å². The molecule has 0 saturated carbocycles. The lowest BCUT2D eigenvalue weighted by molar-refractivity contribution is 0.139. The molecule has 2 N–H and O–H groups in total. The van der Waals surface area contributed by atoms with Crippen LogP contribution >= 0.6 is 0 Å². The zero-order valence-corrected chi connectivity index (χ0v) is 20.7. The van der Waals surface area contributed by atoms with Crippen LogP contribution in [0.3, 0.4) is 0 Å².